The lowest BCUT2D eigenvalue weighted by molar-refractivity contribution is 0.0525. The lowest BCUT2D eigenvalue weighted by Crippen LogP contribution is -2.38. The van der Waals surface area contributed by atoms with Gasteiger partial charge in [0.1, 0.15) is 11.6 Å². The summed E-state index contributed by atoms with van der Waals surface area (Å²) >= 11 is 0. The summed E-state index contributed by atoms with van der Waals surface area (Å²) in [4.78, 5) is 19.9. The van der Waals surface area contributed by atoms with E-state index in [4.69, 9.17) is 4.74 Å². The molecule has 0 amide bonds. The average Bonchev–Trinajstić information content (AvgIpc) is 2.55. The molecule has 4 nitrogen and oxygen atoms in total. The van der Waals surface area contributed by atoms with E-state index < -0.39 is 28.8 Å². The van der Waals surface area contributed by atoms with Gasteiger partial charge in [-0.1, -0.05) is 6.42 Å². The van der Waals surface area contributed by atoms with Gasteiger partial charge < -0.3 is 4.74 Å². The Labute approximate surface area is 143 Å². The Morgan fingerprint density at radius 3 is 2.32 bits per heavy atom. The molecule has 1 saturated carbocycles. The number of carbonyl (C=O) groups is 1. The van der Waals surface area contributed by atoms with Gasteiger partial charge in [-0.05, 0) is 31.4 Å². The molecule has 0 spiro atoms. The fourth-order valence-electron chi connectivity index (χ4n) is 3.14. The molecule has 1 aliphatic carbocycles. The summed E-state index contributed by atoms with van der Waals surface area (Å²) in [5.74, 6) is -3.13. The summed E-state index contributed by atoms with van der Waals surface area (Å²) < 4.78 is 45.8. The third-order valence-corrected chi connectivity index (χ3v) is 4.60. The Bertz CT molecular complexity index is 790. The van der Waals surface area contributed by atoms with Gasteiger partial charge in [0.25, 0.3) is 0 Å². The quantitative estimate of drug-likeness (QED) is 0.609. The number of rotatable bonds is 5. The fourth-order valence-corrected chi connectivity index (χ4v) is 3.14. The second-order valence-electron chi connectivity index (χ2n) is 6.17. The molecule has 0 N–H and O–H groups in total. The van der Waals surface area contributed by atoms with Gasteiger partial charge in [-0.25, -0.2) is 27.9 Å². The predicted molar refractivity (Wildman–Crippen MR) is 83.5 cm³/mol. The van der Waals surface area contributed by atoms with Crippen molar-refractivity contribution < 1.29 is 22.7 Å². The van der Waals surface area contributed by atoms with Crippen molar-refractivity contribution in [1.29, 1.82) is 0 Å². The molecule has 0 bridgehead atoms. The van der Waals surface area contributed by atoms with E-state index in [9.17, 15) is 18.0 Å². The fraction of sp³-hybridized carbons (Fsp3) is 0.389. The maximum absolute atomic E-state index is 14.2. The predicted octanol–water partition coefficient (Wildman–Crippen LogP) is 3.74. The van der Waals surface area contributed by atoms with Crippen LogP contribution in [0.1, 0.15) is 47.9 Å². The van der Waals surface area contributed by atoms with Crippen LogP contribution in [0.2, 0.25) is 0 Å². The van der Waals surface area contributed by atoms with Crippen molar-refractivity contribution in [2.24, 2.45) is 0 Å². The van der Waals surface area contributed by atoms with Crippen molar-refractivity contribution in [3.05, 3.63) is 58.9 Å². The molecule has 1 fully saturated rings. The van der Waals surface area contributed by atoms with Crippen molar-refractivity contribution in [3.8, 4) is 0 Å². The molecular weight excluding hydrogens is 333 g/mol. The zero-order valence-electron chi connectivity index (χ0n) is 13.7. The van der Waals surface area contributed by atoms with Crippen LogP contribution in [0.4, 0.5) is 13.2 Å². The van der Waals surface area contributed by atoms with Crippen LogP contribution in [0, 0.1) is 17.5 Å². The molecule has 0 radical (unpaired) electrons. The molecule has 132 valence electrons. The number of esters is 1. The number of hydrogen-bond acceptors (Lipinski definition) is 4. The van der Waals surface area contributed by atoms with Crippen molar-refractivity contribution in [3.63, 3.8) is 0 Å². The Morgan fingerprint density at radius 2 is 1.76 bits per heavy atom. The summed E-state index contributed by atoms with van der Waals surface area (Å²) in [5.41, 5.74) is -0.271. The molecule has 0 unspecified atom stereocenters. The zero-order valence-corrected chi connectivity index (χ0v) is 13.7. The van der Waals surface area contributed by atoms with Gasteiger partial charge in [0.15, 0.2) is 11.6 Å². The second kappa shape index (κ2) is 6.82. The monoisotopic (exact) mass is 350 g/mol. The standard InChI is InChI=1S/C18H17F3N2O2/c1-2-25-17(24)11-9-22-16(23-10-11)8-18(4-3-5-18)12-6-14(20)15(21)7-13(12)19/h6-7,9-10H,2-5,8H2,1H3. The van der Waals surface area contributed by atoms with Gasteiger partial charge in [0.2, 0.25) is 0 Å². The van der Waals surface area contributed by atoms with Crippen LogP contribution < -0.4 is 0 Å². The van der Waals surface area contributed by atoms with Crippen LogP contribution in [0.25, 0.3) is 0 Å². The summed E-state index contributed by atoms with van der Waals surface area (Å²) in [6.07, 6.45) is 5.13. The first-order chi connectivity index (χ1) is 11.9. The Morgan fingerprint density at radius 1 is 1.12 bits per heavy atom. The van der Waals surface area contributed by atoms with E-state index in [1.165, 1.54) is 12.4 Å². The van der Waals surface area contributed by atoms with E-state index in [-0.39, 0.29) is 24.2 Å². The molecular formula is C18H17F3N2O2. The second-order valence-corrected chi connectivity index (χ2v) is 6.17. The number of carbonyl (C=O) groups excluding carboxylic acids is 1. The first kappa shape index (κ1) is 17.4. The van der Waals surface area contributed by atoms with E-state index >= 15 is 0 Å². The highest BCUT2D eigenvalue weighted by molar-refractivity contribution is 5.88. The van der Waals surface area contributed by atoms with E-state index in [2.05, 4.69) is 9.97 Å². The Kier molecular flexibility index (Phi) is 4.74. The lowest BCUT2D eigenvalue weighted by atomic mass is 9.62. The normalized spacial score (nSPS) is 15.5. The minimum atomic E-state index is -1.20. The van der Waals surface area contributed by atoms with Gasteiger partial charge in [0, 0.05) is 30.3 Å². The zero-order chi connectivity index (χ0) is 18.0. The number of nitrogens with zero attached hydrogens (tertiary/aromatic N) is 2. The number of benzene rings is 1. The summed E-state index contributed by atoms with van der Waals surface area (Å²) in [6.45, 7) is 1.95. The molecule has 0 atom stereocenters. The third-order valence-electron chi connectivity index (χ3n) is 4.60. The SMILES string of the molecule is CCOC(=O)c1cnc(CC2(c3cc(F)c(F)cc3F)CCC2)nc1. The van der Waals surface area contributed by atoms with Gasteiger partial charge in [0.05, 0.1) is 12.2 Å². The lowest BCUT2D eigenvalue weighted by Gasteiger charge is -2.42. The first-order valence-electron chi connectivity index (χ1n) is 8.08. The van der Waals surface area contributed by atoms with E-state index in [1.807, 2.05) is 0 Å². The van der Waals surface area contributed by atoms with Gasteiger partial charge in [-0.2, -0.15) is 0 Å². The summed E-state index contributed by atoms with van der Waals surface area (Å²) in [5, 5.41) is 0. The van der Waals surface area contributed by atoms with Crippen molar-refractivity contribution in [2.45, 2.75) is 38.0 Å². The van der Waals surface area contributed by atoms with Crippen molar-refractivity contribution in [2.75, 3.05) is 6.61 Å². The minimum absolute atomic E-state index is 0.149. The van der Waals surface area contributed by atoms with Gasteiger partial charge in [-0.3, -0.25) is 0 Å². The van der Waals surface area contributed by atoms with Crippen LogP contribution in [-0.4, -0.2) is 22.5 Å². The highest BCUT2D eigenvalue weighted by Gasteiger charge is 2.42. The Hall–Kier alpha value is -2.44. The van der Waals surface area contributed by atoms with Crippen LogP contribution in [0.5, 0.6) is 0 Å². The van der Waals surface area contributed by atoms with E-state index in [0.29, 0.717) is 24.7 Å². The summed E-state index contributed by atoms with van der Waals surface area (Å²) in [6, 6.07) is 1.51. The third kappa shape index (κ3) is 3.36. The highest BCUT2D eigenvalue weighted by atomic mass is 19.2. The molecule has 1 aromatic heterocycles. The maximum atomic E-state index is 14.2. The number of hydrogen-bond donors (Lipinski definition) is 0. The highest BCUT2D eigenvalue weighted by Crippen LogP contribution is 2.47. The number of aromatic nitrogens is 2. The molecule has 7 heteroatoms. The first-order valence-corrected chi connectivity index (χ1v) is 8.08. The minimum Gasteiger partial charge on any atom is -0.462 e. The molecule has 0 aliphatic heterocycles. The van der Waals surface area contributed by atoms with Crippen molar-refractivity contribution in [1.82, 2.24) is 9.97 Å². The van der Waals surface area contributed by atoms with Crippen LogP contribution in [-0.2, 0) is 16.6 Å². The largest absolute Gasteiger partial charge is 0.462 e. The topological polar surface area (TPSA) is 52.1 Å². The van der Waals surface area contributed by atoms with Gasteiger partial charge in [-0.15, -0.1) is 0 Å². The molecule has 0 saturated heterocycles. The van der Waals surface area contributed by atoms with E-state index in [1.54, 1.807) is 6.92 Å². The smallest absolute Gasteiger partial charge is 0.341 e. The van der Waals surface area contributed by atoms with Gasteiger partial charge >= 0.3 is 5.97 Å². The number of ether oxygens (including phenoxy) is 1. The average molecular weight is 350 g/mol. The number of halogens is 3. The van der Waals surface area contributed by atoms with Crippen LogP contribution >= 0.6 is 0 Å². The van der Waals surface area contributed by atoms with Crippen LogP contribution in [0.15, 0.2) is 24.5 Å². The molecule has 2 aromatic rings. The Balaban J connectivity index is 1.85. The maximum Gasteiger partial charge on any atom is 0.341 e. The summed E-state index contributed by atoms with van der Waals surface area (Å²) in [7, 11) is 0. The van der Waals surface area contributed by atoms with Crippen LogP contribution in [0.3, 0.4) is 0 Å². The molecule has 1 aliphatic rings. The molecule has 3 rings (SSSR count). The molecule has 25 heavy (non-hydrogen) atoms. The molecule has 1 aromatic carbocycles. The molecule has 1 heterocycles. The van der Waals surface area contributed by atoms with E-state index in [0.717, 1.165) is 12.5 Å². The van der Waals surface area contributed by atoms with Crippen molar-refractivity contribution >= 4 is 5.97 Å².